The molecule has 1 unspecified atom stereocenters. The van der Waals surface area contributed by atoms with Crippen LogP contribution in [0.1, 0.15) is 69.2 Å². The average molecular weight is 602 g/mol. The molecule has 4 rings (SSSR count). The lowest BCUT2D eigenvalue weighted by atomic mass is 9.71. The zero-order chi connectivity index (χ0) is 29.8. The molecule has 0 saturated carbocycles. The molecule has 2 aromatic rings. The van der Waals surface area contributed by atoms with Gasteiger partial charge in [-0.3, -0.25) is 14.5 Å². The van der Waals surface area contributed by atoms with Gasteiger partial charge in [0.2, 0.25) is 11.8 Å². The SMILES string of the molecule is CCc1cc(CC)cc(CC(=O)N2CCCC(CCN3CCN(C(C)(C)C(N)=O)CC3)(c3ccc(Cl)c(Cl)c3)C2)c1. The second-order valence-electron chi connectivity index (χ2n) is 12.4. The van der Waals surface area contributed by atoms with Crippen molar-refractivity contribution >= 4 is 35.0 Å². The van der Waals surface area contributed by atoms with E-state index in [4.69, 9.17) is 28.9 Å². The van der Waals surface area contributed by atoms with E-state index in [1.165, 1.54) is 11.1 Å². The molecule has 2 saturated heterocycles. The Kier molecular flexibility index (Phi) is 10.4. The molecule has 1 atom stereocenters. The lowest BCUT2D eigenvalue weighted by molar-refractivity contribution is -0.133. The number of aryl methyl sites for hydroxylation is 2. The van der Waals surface area contributed by atoms with E-state index in [-0.39, 0.29) is 17.2 Å². The van der Waals surface area contributed by atoms with E-state index < -0.39 is 5.54 Å². The molecule has 0 bridgehead atoms. The van der Waals surface area contributed by atoms with Crippen LogP contribution in [-0.4, -0.2) is 77.9 Å². The summed E-state index contributed by atoms with van der Waals surface area (Å²) in [5.74, 6) is -0.101. The zero-order valence-corrected chi connectivity index (χ0v) is 26.7. The van der Waals surface area contributed by atoms with Crippen molar-refractivity contribution in [3.05, 3.63) is 68.7 Å². The maximum absolute atomic E-state index is 13.7. The van der Waals surface area contributed by atoms with Gasteiger partial charge in [0.15, 0.2) is 0 Å². The van der Waals surface area contributed by atoms with Crippen LogP contribution in [-0.2, 0) is 34.3 Å². The molecular weight excluding hydrogens is 555 g/mol. The van der Waals surface area contributed by atoms with Crippen molar-refractivity contribution in [3.63, 3.8) is 0 Å². The van der Waals surface area contributed by atoms with Crippen LogP contribution < -0.4 is 5.73 Å². The second kappa shape index (κ2) is 13.5. The van der Waals surface area contributed by atoms with E-state index in [1.807, 2.05) is 26.0 Å². The quantitative estimate of drug-likeness (QED) is 0.391. The fourth-order valence-corrected chi connectivity index (χ4v) is 6.75. The molecule has 224 valence electrons. The largest absolute Gasteiger partial charge is 0.368 e. The number of piperazine rings is 1. The number of carbonyl (C=O) groups is 2. The van der Waals surface area contributed by atoms with Gasteiger partial charge in [-0.15, -0.1) is 0 Å². The normalized spacial score (nSPS) is 20.8. The summed E-state index contributed by atoms with van der Waals surface area (Å²) in [6, 6.07) is 12.6. The van der Waals surface area contributed by atoms with Crippen LogP contribution in [0.25, 0.3) is 0 Å². The Morgan fingerprint density at radius 1 is 0.902 bits per heavy atom. The molecule has 2 heterocycles. The van der Waals surface area contributed by atoms with Crippen molar-refractivity contribution in [2.45, 2.75) is 77.2 Å². The Morgan fingerprint density at radius 3 is 2.12 bits per heavy atom. The average Bonchev–Trinajstić information content (AvgIpc) is 2.97. The van der Waals surface area contributed by atoms with Gasteiger partial charge >= 0.3 is 0 Å². The van der Waals surface area contributed by atoms with Gasteiger partial charge in [-0.25, -0.2) is 0 Å². The van der Waals surface area contributed by atoms with Gasteiger partial charge in [-0.1, -0.05) is 61.3 Å². The van der Waals surface area contributed by atoms with Crippen molar-refractivity contribution < 1.29 is 9.59 Å². The van der Waals surface area contributed by atoms with Crippen molar-refractivity contribution in [1.29, 1.82) is 0 Å². The summed E-state index contributed by atoms with van der Waals surface area (Å²) in [6.45, 7) is 13.8. The van der Waals surface area contributed by atoms with E-state index in [2.05, 4.69) is 52.8 Å². The lowest BCUT2D eigenvalue weighted by Gasteiger charge is -2.46. The molecule has 2 aliphatic rings. The first-order valence-electron chi connectivity index (χ1n) is 15.1. The van der Waals surface area contributed by atoms with Crippen molar-refractivity contribution in [3.8, 4) is 0 Å². The first kappa shape index (κ1) is 31.8. The molecule has 2 aromatic carbocycles. The van der Waals surface area contributed by atoms with Crippen molar-refractivity contribution in [1.82, 2.24) is 14.7 Å². The third-order valence-electron chi connectivity index (χ3n) is 9.42. The number of halogens is 2. The van der Waals surface area contributed by atoms with Gasteiger partial charge in [0.25, 0.3) is 0 Å². The fourth-order valence-electron chi connectivity index (χ4n) is 6.45. The molecular formula is C33H46Cl2N4O2. The summed E-state index contributed by atoms with van der Waals surface area (Å²) < 4.78 is 0. The first-order valence-corrected chi connectivity index (χ1v) is 15.9. The summed E-state index contributed by atoms with van der Waals surface area (Å²) in [5, 5.41) is 1.10. The van der Waals surface area contributed by atoms with Gasteiger partial charge in [-0.2, -0.15) is 0 Å². The standard InChI is InChI=1S/C33H46Cl2N4O2/c1-5-24-18-25(6-2)20-26(19-24)21-30(40)38-12-7-10-33(23-38,27-8-9-28(34)29(35)22-27)11-13-37-14-16-39(17-15-37)32(3,4)31(36)41/h8-9,18-20,22H,5-7,10-17,21,23H2,1-4H3,(H2,36,41). The molecule has 2 fully saturated rings. The van der Waals surface area contributed by atoms with Gasteiger partial charge in [0.05, 0.1) is 22.0 Å². The highest BCUT2D eigenvalue weighted by molar-refractivity contribution is 6.42. The van der Waals surface area contributed by atoms with E-state index in [9.17, 15) is 9.59 Å². The molecule has 8 heteroatoms. The van der Waals surface area contributed by atoms with Gasteiger partial charge in [0.1, 0.15) is 0 Å². The minimum Gasteiger partial charge on any atom is -0.368 e. The maximum Gasteiger partial charge on any atom is 0.237 e. The number of hydrogen-bond donors (Lipinski definition) is 1. The Hall–Kier alpha value is -2.12. The monoisotopic (exact) mass is 600 g/mol. The number of piperidine rings is 1. The molecule has 6 nitrogen and oxygen atoms in total. The molecule has 41 heavy (non-hydrogen) atoms. The van der Waals surface area contributed by atoms with Crippen LogP contribution in [0.2, 0.25) is 10.0 Å². The van der Waals surface area contributed by atoms with Gasteiger partial charge in [0, 0.05) is 44.7 Å². The Balaban J connectivity index is 1.51. The van der Waals surface area contributed by atoms with E-state index in [0.29, 0.717) is 23.0 Å². The highest BCUT2D eigenvalue weighted by Gasteiger charge is 2.40. The molecule has 2 amide bonds. The zero-order valence-electron chi connectivity index (χ0n) is 25.1. The molecule has 0 aromatic heterocycles. The lowest BCUT2D eigenvalue weighted by Crippen LogP contribution is -2.60. The number of hydrogen-bond acceptors (Lipinski definition) is 4. The highest BCUT2D eigenvalue weighted by Crippen LogP contribution is 2.40. The predicted molar refractivity (Wildman–Crippen MR) is 169 cm³/mol. The van der Waals surface area contributed by atoms with Crippen LogP contribution in [0.4, 0.5) is 0 Å². The van der Waals surface area contributed by atoms with Crippen LogP contribution in [0, 0.1) is 0 Å². The number of primary amides is 1. The van der Waals surface area contributed by atoms with Crippen LogP contribution in [0.3, 0.4) is 0 Å². The Bertz CT molecular complexity index is 1220. The molecule has 2 N–H and O–H groups in total. The van der Waals surface area contributed by atoms with E-state index >= 15 is 0 Å². The minimum absolute atomic E-state index is 0.187. The van der Waals surface area contributed by atoms with Crippen molar-refractivity contribution in [2.24, 2.45) is 5.73 Å². The van der Waals surface area contributed by atoms with Gasteiger partial charge < -0.3 is 15.5 Å². The number of likely N-dealkylation sites (tertiary alicyclic amines) is 1. The topological polar surface area (TPSA) is 69.9 Å². The van der Waals surface area contributed by atoms with Gasteiger partial charge in [-0.05, 0) is 86.9 Å². The third kappa shape index (κ3) is 7.45. The number of rotatable bonds is 10. The molecule has 0 radical (unpaired) electrons. The Morgan fingerprint density at radius 2 is 1.54 bits per heavy atom. The van der Waals surface area contributed by atoms with Crippen LogP contribution in [0.15, 0.2) is 36.4 Å². The number of nitrogens with two attached hydrogens (primary N) is 1. The summed E-state index contributed by atoms with van der Waals surface area (Å²) in [5.41, 5.74) is 9.65. The summed E-state index contributed by atoms with van der Waals surface area (Å²) in [7, 11) is 0. The molecule has 2 aliphatic heterocycles. The predicted octanol–water partition coefficient (Wildman–Crippen LogP) is 5.49. The number of amides is 2. The van der Waals surface area contributed by atoms with Crippen molar-refractivity contribution in [2.75, 3.05) is 45.8 Å². The number of nitrogens with zero attached hydrogens (tertiary/aromatic N) is 3. The number of benzene rings is 2. The summed E-state index contributed by atoms with van der Waals surface area (Å²) in [6.07, 6.45) is 5.21. The summed E-state index contributed by atoms with van der Waals surface area (Å²) in [4.78, 5) is 32.4. The molecule has 0 spiro atoms. The first-order chi connectivity index (χ1) is 19.5. The molecule has 0 aliphatic carbocycles. The maximum atomic E-state index is 13.7. The fraction of sp³-hybridized carbons (Fsp3) is 0.576. The summed E-state index contributed by atoms with van der Waals surface area (Å²) >= 11 is 12.8. The highest BCUT2D eigenvalue weighted by atomic mass is 35.5. The van der Waals surface area contributed by atoms with Crippen LogP contribution >= 0.6 is 23.2 Å². The van der Waals surface area contributed by atoms with Crippen LogP contribution in [0.5, 0.6) is 0 Å². The minimum atomic E-state index is -0.647. The van der Waals surface area contributed by atoms with E-state index in [0.717, 1.165) is 82.5 Å². The van der Waals surface area contributed by atoms with E-state index in [1.54, 1.807) is 0 Å². The number of carbonyl (C=O) groups excluding carboxylic acids is 2. The third-order valence-corrected chi connectivity index (χ3v) is 10.2. The smallest absolute Gasteiger partial charge is 0.237 e. The second-order valence-corrected chi connectivity index (χ2v) is 13.2. The Labute approximate surface area is 256 Å².